The van der Waals surface area contributed by atoms with Gasteiger partial charge in [0.05, 0.1) is 17.5 Å². The van der Waals surface area contributed by atoms with Gasteiger partial charge in [0, 0.05) is 13.0 Å². The molecule has 0 unspecified atom stereocenters. The molecule has 2 heterocycles. The SMILES string of the molecule is O=C1CCN([C@@H]2O[C@H](CO)[C@@H](O)[C@H]2[82Br])C(=O)N1. The first kappa shape index (κ1) is 12.7. The minimum absolute atomic E-state index is 0.200. The maximum atomic E-state index is 11.6. The van der Waals surface area contributed by atoms with Crippen LogP contribution in [0.3, 0.4) is 0 Å². The Morgan fingerprint density at radius 1 is 1.53 bits per heavy atom. The van der Waals surface area contributed by atoms with Crippen LogP contribution in [0, 0.1) is 0 Å². The molecular weight excluding hydrogens is 298 g/mol. The Morgan fingerprint density at radius 2 is 2.24 bits per heavy atom. The van der Waals surface area contributed by atoms with Gasteiger partial charge in [-0.15, -0.1) is 0 Å². The van der Waals surface area contributed by atoms with Crippen LogP contribution in [0.2, 0.25) is 0 Å². The number of hydrogen-bond acceptors (Lipinski definition) is 5. The van der Waals surface area contributed by atoms with Crippen LogP contribution in [0.25, 0.3) is 0 Å². The highest BCUT2D eigenvalue weighted by molar-refractivity contribution is 9.09. The van der Waals surface area contributed by atoms with Gasteiger partial charge in [-0.3, -0.25) is 15.0 Å². The van der Waals surface area contributed by atoms with E-state index in [0.717, 1.165) is 0 Å². The van der Waals surface area contributed by atoms with Gasteiger partial charge < -0.3 is 14.9 Å². The molecule has 2 aliphatic rings. The Bertz CT molecular complexity index is 339. The molecule has 2 fully saturated rings. The average molecular weight is 311 g/mol. The van der Waals surface area contributed by atoms with Gasteiger partial charge in [0.2, 0.25) is 5.91 Å². The Morgan fingerprint density at radius 3 is 2.76 bits per heavy atom. The number of halogens is 1. The predicted molar refractivity (Wildman–Crippen MR) is 59.3 cm³/mol. The summed E-state index contributed by atoms with van der Waals surface area (Å²) in [5.74, 6) is -0.324. The topological polar surface area (TPSA) is 99.1 Å². The number of nitrogens with zero attached hydrogens (tertiary/aromatic N) is 1. The van der Waals surface area contributed by atoms with Crippen molar-refractivity contribution < 1.29 is 24.5 Å². The molecule has 0 bridgehead atoms. The van der Waals surface area contributed by atoms with Crippen LogP contribution in [-0.4, -0.2) is 63.5 Å². The molecule has 0 saturated carbocycles. The zero-order valence-corrected chi connectivity index (χ0v) is 10.5. The minimum Gasteiger partial charge on any atom is -0.394 e. The largest absolute Gasteiger partial charge is 0.394 e. The molecule has 2 rings (SSSR count). The normalized spacial score (nSPS) is 38.4. The highest BCUT2D eigenvalue weighted by atomic mass is 81.9. The number of rotatable bonds is 2. The lowest BCUT2D eigenvalue weighted by Crippen LogP contribution is -2.55. The molecule has 0 aliphatic carbocycles. The zero-order valence-electron chi connectivity index (χ0n) is 8.88. The maximum absolute atomic E-state index is 11.6. The van der Waals surface area contributed by atoms with Crippen molar-refractivity contribution in [1.82, 2.24) is 10.2 Å². The molecule has 96 valence electrons. The summed E-state index contributed by atoms with van der Waals surface area (Å²) in [5, 5.41) is 20.9. The third-order valence-electron chi connectivity index (χ3n) is 2.87. The van der Waals surface area contributed by atoms with Gasteiger partial charge in [0.15, 0.2) is 0 Å². The molecule has 7 nitrogen and oxygen atoms in total. The highest BCUT2D eigenvalue weighted by Crippen LogP contribution is 2.30. The first-order valence-electron chi connectivity index (χ1n) is 5.23. The third kappa shape index (κ3) is 2.30. The molecule has 0 aromatic rings. The van der Waals surface area contributed by atoms with Gasteiger partial charge in [-0.25, -0.2) is 4.79 Å². The van der Waals surface area contributed by atoms with E-state index in [1.54, 1.807) is 0 Å². The number of aliphatic hydroxyl groups excluding tert-OH is 2. The second-order valence-corrected chi connectivity index (χ2v) is 5.04. The van der Waals surface area contributed by atoms with Crippen LogP contribution < -0.4 is 5.32 Å². The maximum Gasteiger partial charge on any atom is 0.326 e. The molecule has 17 heavy (non-hydrogen) atoms. The molecule has 3 N–H and O–H groups in total. The number of carbonyl (C=O) groups is 2. The number of aliphatic hydroxyl groups is 2. The van der Waals surface area contributed by atoms with Crippen LogP contribution in [0.1, 0.15) is 6.42 Å². The van der Waals surface area contributed by atoms with Crippen molar-refractivity contribution in [2.24, 2.45) is 0 Å². The van der Waals surface area contributed by atoms with E-state index in [9.17, 15) is 14.7 Å². The number of imide groups is 1. The van der Waals surface area contributed by atoms with E-state index < -0.39 is 29.3 Å². The molecular formula is C9H13BrN2O5. The lowest BCUT2D eigenvalue weighted by atomic mass is 10.2. The summed E-state index contributed by atoms with van der Waals surface area (Å²) in [6, 6.07) is -0.540. The summed E-state index contributed by atoms with van der Waals surface area (Å²) in [6.45, 7) is -0.0868. The standard InChI is InChI=1S/C9H13BrN2O5/c10-6-7(15)4(3-13)17-8(6)12-2-1-5(14)11-9(12)16/h4,6-8,13,15H,1-3H2,(H,11,14,16)/t4-,6-,7-,8-/m1/s1/i10+2. The van der Waals surface area contributed by atoms with Crippen LogP contribution >= 0.6 is 15.9 Å². The summed E-state index contributed by atoms with van der Waals surface area (Å²) in [4.78, 5) is 23.4. The lowest BCUT2D eigenvalue weighted by molar-refractivity contribution is -0.123. The van der Waals surface area contributed by atoms with Crippen molar-refractivity contribution in [3.8, 4) is 0 Å². The van der Waals surface area contributed by atoms with Crippen LogP contribution in [0.5, 0.6) is 0 Å². The van der Waals surface area contributed by atoms with E-state index in [1.165, 1.54) is 4.90 Å². The second-order valence-electron chi connectivity index (χ2n) is 3.98. The van der Waals surface area contributed by atoms with E-state index >= 15 is 0 Å². The van der Waals surface area contributed by atoms with Crippen molar-refractivity contribution in [3.05, 3.63) is 0 Å². The Labute approximate surface area is 106 Å². The first-order valence-corrected chi connectivity index (χ1v) is 6.15. The quantitative estimate of drug-likeness (QED) is 0.555. The highest BCUT2D eigenvalue weighted by Gasteiger charge is 2.47. The van der Waals surface area contributed by atoms with Crippen LogP contribution in [-0.2, 0) is 9.53 Å². The summed E-state index contributed by atoms with van der Waals surface area (Å²) in [5.41, 5.74) is 0. The number of amides is 3. The van der Waals surface area contributed by atoms with E-state index in [1.807, 2.05) is 0 Å². The molecule has 8 heteroatoms. The summed E-state index contributed by atoms with van der Waals surface area (Å²) < 4.78 is 5.39. The number of nitrogens with one attached hydrogen (secondary N) is 1. The third-order valence-corrected chi connectivity index (χ3v) is 3.86. The second kappa shape index (κ2) is 4.89. The summed E-state index contributed by atoms with van der Waals surface area (Å²) >= 11 is 3.24. The summed E-state index contributed by atoms with van der Waals surface area (Å²) in [6.07, 6.45) is -2.11. The number of carbonyl (C=O) groups excluding carboxylic acids is 2. The number of ether oxygens (including phenoxy) is 1. The Kier molecular flexibility index (Phi) is 3.67. The molecule has 4 atom stereocenters. The lowest BCUT2D eigenvalue weighted by Gasteiger charge is -2.32. The first-order chi connectivity index (χ1) is 8.04. The van der Waals surface area contributed by atoms with Gasteiger partial charge in [0.25, 0.3) is 0 Å². The molecule has 3 amide bonds. The molecule has 0 aromatic carbocycles. The number of alkyl halides is 1. The molecule has 0 radical (unpaired) electrons. The fourth-order valence-corrected chi connectivity index (χ4v) is 2.68. The fourth-order valence-electron chi connectivity index (χ4n) is 1.92. The van der Waals surface area contributed by atoms with E-state index in [0.29, 0.717) is 0 Å². The van der Waals surface area contributed by atoms with Crippen LogP contribution in [0.15, 0.2) is 0 Å². The van der Waals surface area contributed by atoms with Crippen LogP contribution in [0.4, 0.5) is 4.79 Å². The molecule has 2 saturated heterocycles. The minimum atomic E-state index is -0.893. The van der Waals surface area contributed by atoms with Crippen molar-refractivity contribution in [2.45, 2.75) is 29.7 Å². The van der Waals surface area contributed by atoms with Gasteiger partial charge in [-0.05, 0) is 0 Å². The van der Waals surface area contributed by atoms with Gasteiger partial charge in [-0.1, -0.05) is 15.9 Å². The Balaban J connectivity index is 2.08. The van der Waals surface area contributed by atoms with E-state index in [4.69, 9.17) is 9.84 Å². The van der Waals surface area contributed by atoms with Crippen molar-refractivity contribution >= 4 is 27.9 Å². The van der Waals surface area contributed by atoms with Crippen molar-refractivity contribution in [2.75, 3.05) is 13.2 Å². The zero-order chi connectivity index (χ0) is 12.6. The average Bonchev–Trinajstić information content (AvgIpc) is 2.57. The molecule has 2 aliphatic heterocycles. The van der Waals surface area contributed by atoms with E-state index in [2.05, 4.69) is 21.2 Å². The number of urea groups is 1. The smallest absolute Gasteiger partial charge is 0.326 e. The fraction of sp³-hybridized carbons (Fsp3) is 0.778. The monoisotopic (exact) mass is 311 g/mol. The van der Waals surface area contributed by atoms with Gasteiger partial charge in [-0.2, -0.15) is 0 Å². The van der Waals surface area contributed by atoms with Gasteiger partial charge in [0.1, 0.15) is 12.3 Å². The molecule has 0 spiro atoms. The molecule has 0 aromatic heterocycles. The van der Waals surface area contributed by atoms with E-state index in [-0.39, 0.29) is 25.5 Å². The summed E-state index contributed by atoms with van der Waals surface area (Å²) in [7, 11) is 0. The van der Waals surface area contributed by atoms with Crippen molar-refractivity contribution in [3.63, 3.8) is 0 Å². The van der Waals surface area contributed by atoms with Crippen molar-refractivity contribution in [1.29, 1.82) is 0 Å². The number of hydrogen-bond donors (Lipinski definition) is 3. The predicted octanol–water partition coefficient (Wildman–Crippen LogP) is -1.23. The van der Waals surface area contributed by atoms with Gasteiger partial charge >= 0.3 is 6.03 Å². The Hall–Kier alpha value is -0.700.